The number of methoxy groups -OCH3 is 1. The minimum Gasteiger partial charge on any atom is -0.378 e. The van der Waals surface area contributed by atoms with E-state index in [0.29, 0.717) is 12.6 Å². The van der Waals surface area contributed by atoms with Gasteiger partial charge in [-0.2, -0.15) is 0 Å². The number of ether oxygens (including phenoxy) is 1. The number of aromatic nitrogens is 2. The second-order valence-corrected chi connectivity index (χ2v) is 8.93. The number of anilines is 1. The molecule has 1 aliphatic heterocycles. The molecule has 5 heteroatoms. The maximum atomic E-state index is 5.29. The van der Waals surface area contributed by atoms with E-state index in [2.05, 4.69) is 67.2 Å². The van der Waals surface area contributed by atoms with E-state index in [0.717, 1.165) is 49.8 Å². The lowest BCUT2D eigenvalue weighted by molar-refractivity contribution is 0.181. The molecular weight excluding hydrogens is 348 g/mol. The first kappa shape index (κ1) is 20.7. The lowest BCUT2D eigenvalue weighted by Gasteiger charge is -2.33. The molecule has 3 rings (SSSR count). The highest BCUT2D eigenvalue weighted by molar-refractivity contribution is 5.38. The zero-order valence-corrected chi connectivity index (χ0v) is 18.0. The number of nitrogens with one attached hydrogen (secondary N) is 1. The van der Waals surface area contributed by atoms with Gasteiger partial charge >= 0.3 is 0 Å². The molecule has 1 saturated heterocycles. The van der Waals surface area contributed by atoms with E-state index in [1.807, 2.05) is 6.07 Å². The number of piperidine rings is 1. The highest BCUT2D eigenvalue weighted by atomic mass is 16.5. The Kier molecular flexibility index (Phi) is 6.68. The van der Waals surface area contributed by atoms with Gasteiger partial charge in [-0.05, 0) is 25.3 Å². The Bertz CT molecular complexity index is 776. The number of hydrogen-bond acceptors (Lipinski definition) is 5. The normalized spacial score (nSPS) is 16.3. The highest BCUT2D eigenvalue weighted by Crippen LogP contribution is 2.23. The standard InChI is InChI=1S/C23H34N4O/c1-17-7-6-8-18(13-17)15-27-11-9-19(10-12-27)24-21-14-20(16-28-5)25-22(26-21)23(2,3)4/h6-8,13-14,19H,9-12,15-16H2,1-5H3,(H,24,25,26). The molecule has 2 heterocycles. The molecular formula is C23H34N4O. The average molecular weight is 383 g/mol. The molecule has 28 heavy (non-hydrogen) atoms. The molecule has 152 valence electrons. The van der Waals surface area contributed by atoms with Crippen molar-refractivity contribution in [2.75, 3.05) is 25.5 Å². The Balaban J connectivity index is 1.60. The van der Waals surface area contributed by atoms with Gasteiger partial charge in [0.2, 0.25) is 0 Å². The fourth-order valence-electron chi connectivity index (χ4n) is 3.64. The zero-order valence-electron chi connectivity index (χ0n) is 18.0. The number of nitrogens with zero attached hydrogens (tertiary/aromatic N) is 3. The topological polar surface area (TPSA) is 50.3 Å². The SMILES string of the molecule is COCc1cc(NC2CCN(Cc3cccc(C)c3)CC2)nc(C(C)(C)C)n1. The van der Waals surface area contributed by atoms with Crippen LogP contribution in [0.2, 0.25) is 0 Å². The van der Waals surface area contributed by atoms with E-state index in [9.17, 15) is 0 Å². The number of aryl methyl sites for hydroxylation is 1. The first-order valence-electron chi connectivity index (χ1n) is 10.3. The van der Waals surface area contributed by atoms with Crippen LogP contribution in [0.25, 0.3) is 0 Å². The van der Waals surface area contributed by atoms with E-state index < -0.39 is 0 Å². The molecule has 0 unspecified atom stereocenters. The van der Waals surface area contributed by atoms with Gasteiger partial charge in [0.25, 0.3) is 0 Å². The lowest BCUT2D eigenvalue weighted by Crippen LogP contribution is -2.39. The molecule has 0 amide bonds. The van der Waals surface area contributed by atoms with Gasteiger partial charge in [-0.1, -0.05) is 50.6 Å². The van der Waals surface area contributed by atoms with Gasteiger partial charge in [0.05, 0.1) is 12.3 Å². The predicted molar refractivity (Wildman–Crippen MR) is 115 cm³/mol. The van der Waals surface area contributed by atoms with Crippen LogP contribution in [-0.4, -0.2) is 41.1 Å². The molecule has 0 aliphatic carbocycles. The van der Waals surface area contributed by atoms with Crippen molar-refractivity contribution in [1.29, 1.82) is 0 Å². The average Bonchev–Trinajstić information content (AvgIpc) is 2.63. The van der Waals surface area contributed by atoms with Crippen LogP contribution in [0.1, 0.15) is 56.3 Å². The Morgan fingerprint density at radius 3 is 2.54 bits per heavy atom. The van der Waals surface area contributed by atoms with E-state index in [1.165, 1.54) is 11.1 Å². The van der Waals surface area contributed by atoms with Crippen molar-refractivity contribution >= 4 is 5.82 Å². The van der Waals surface area contributed by atoms with Crippen LogP contribution in [0.3, 0.4) is 0 Å². The van der Waals surface area contributed by atoms with Crippen LogP contribution < -0.4 is 5.32 Å². The summed E-state index contributed by atoms with van der Waals surface area (Å²) in [5, 5.41) is 3.65. The van der Waals surface area contributed by atoms with E-state index in [1.54, 1.807) is 7.11 Å². The molecule has 0 saturated carbocycles. The summed E-state index contributed by atoms with van der Waals surface area (Å²) < 4.78 is 5.29. The zero-order chi connectivity index (χ0) is 20.1. The minimum atomic E-state index is -0.0860. The molecule has 0 atom stereocenters. The summed E-state index contributed by atoms with van der Waals surface area (Å²) in [5.41, 5.74) is 3.58. The van der Waals surface area contributed by atoms with Gasteiger partial charge < -0.3 is 10.1 Å². The van der Waals surface area contributed by atoms with Gasteiger partial charge in [0.1, 0.15) is 11.6 Å². The van der Waals surface area contributed by atoms with Crippen molar-refractivity contribution in [1.82, 2.24) is 14.9 Å². The second-order valence-electron chi connectivity index (χ2n) is 8.93. The van der Waals surface area contributed by atoms with E-state index in [4.69, 9.17) is 9.72 Å². The lowest BCUT2D eigenvalue weighted by atomic mass is 9.95. The van der Waals surface area contributed by atoms with Gasteiger partial charge in [0.15, 0.2) is 0 Å². The number of hydrogen-bond donors (Lipinski definition) is 1. The summed E-state index contributed by atoms with van der Waals surface area (Å²) in [6, 6.07) is 11.3. The second kappa shape index (κ2) is 9.01. The highest BCUT2D eigenvalue weighted by Gasteiger charge is 2.22. The van der Waals surface area contributed by atoms with E-state index >= 15 is 0 Å². The first-order valence-corrected chi connectivity index (χ1v) is 10.3. The largest absolute Gasteiger partial charge is 0.378 e. The van der Waals surface area contributed by atoms with Crippen LogP contribution in [0.15, 0.2) is 30.3 Å². The minimum absolute atomic E-state index is 0.0860. The molecule has 0 bridgehead atoms. The fourth-order valence-corrected chi connectivity index (χ4v) is 3.64. The number of rotatable bonds is 6. The van der Waals surface area contributed by atoms with Crippen molar-refractivity contribution in [3.63, 3.8) is 0 Å². The van der Waals surface area contributed by atoms with Crippen molar-refractivity contribution in [3.8, 4) is 0 Å². The van der Waals surface area contributed by atoms with E-state index in [-0.39, 0.29) is 5.41 Å². The smallest absolute Gasteiger partial charge is 0.136 e. The molecule has 1 aromatic carbocycles. The van der Waals surface area contributed by atoms with Crippen LogP contribution in [0, 0.1) is 6.92 Å². The van der Waals surface area contributed by atoms with Gasteiger partial charge in [-0.15, -0.1) is 0 Å². The molecule has 2 aromatic rings. The first-order chi connectivity index (χ1) is 13.3. The van der Waals surface area contributed by atoms with Gasteiger partial charge in [-0.3, -0.25) is 4.90 Å². The molecule has 5 nitrogen and oxygen atoms in total. The van der Waals surface area contributed by atoms with Crippen molar-refractivity contribution < 1.29 is 4.74 Å². The molecule has 1 fully saturated rings. The summed E-state index contributed by atoms with van der Waals surface area (Å²) >= 11 is 0. The third-order valence-corrected chi connectivity index (χ3v) is 5.17. The third kappa shape index (κ3) is 5.76. The number of likely N-dealkylation sites (tertiary alicyclic amines) is 1. The quantitative estimate of drug-likeness (QED) is 0.807. The molecule has 1 aliphatic rings. The maximum absolute atomic E-state index is 5.29. The third-order valence-electron chi connectivity index (χ3n) is 5.17. The maximum Gasteiger partial charge on any atom is 0.136 e. The Morgan fingerprint density at radius 2 is 1.89 bits per heavy atom. The van der Waals surface area contributed by atoms with Crippen LogP contribution >= 0.6 is 0 Å². The molecule has 1 N–H and O–H groups in total. The summed E-state index contributed by atoms with van der Waals surface area (Å²) in [6.45, 7) is 12.3. The van der Waals surface area contributed by atoms with Crippen LogP contribution in [-0.2, 0) is 23.3 Å². The van der Waals surface area contributed by atoms with Crippen molar-refractivity contribution in [2.24, 2.45) is 0 Å². The van der Waals surface area contributed by atoms with Crippen LogP contribution in [0.5, 0.6) is 0 Å². The summed E-state index contributed by atoms with van der Waals surface area (Å²) in [4.78, 5) is 12.0. The Labute approximate surface area is 169 Å². The summed E-state index contributed by atoms with van der Waals surface area (Å²) in [5.74, 6) is 1.78. The Hall–Kier alpha value is -1.98. The number of benzene rings is 1. The van der Waals surface area contributed by atoms with Gasteiger partial charge in [-0.25, -0.2) is 9.97 Å². The van der Waals surface area contributed by atoms with Crippen molar-refractivity contribution in [2.45, 2.75) is 65.1 Å². The van der Waals surface area contributed by atoms with Crippen molar-refractivity contribution in [3.05, 3.63) is 53.0 Å². The summed E-state index contributed by atoms with van der Waals surface area (Å²) in [7, 11) is 1.70. The van der Waals surface area contributed by atoms with Crippen LogP contribution in [0.4, 0.5) is 5.82 Å². The molecule has 0 radical (unpaired) electrons. The predicted octanol–water partition coefficient (Wildman–Crippen LogP) is 4.31. The van der Waals surface area contributed by atoms with Gasteiger partial charge in [0, 0.05) is 44.3 Å². The Morgan fingerprint density at radius 1 is 1.14 bits per heavy atom. The summed E-state index contributed by atoms with van der Waals surface area (Å²) in [6.07, 6.45) is 2.25. The monoisotopic (exact) mass is 382 g/mol. The molecule has 0 spiro atoms. The fraction of sp³-hybridized carbons (Fsp3) is 0.565. The molecule has 1 aromatic heterocycles.